The van der Waals surface area contributed by atoms with Crippen LogP contribution in [-0.2, 0) is 9.59 Å². The molecule has 0 aliphatic rings. The maximum atomic E-state index is 10.5. The number of hydrogen-bond donors (Lipinski definition) is 0. The molecule has 1 atom stereocenters. The largest absolute Gasteiger partial charge is 1.00 e. The van der Waals surface area contributed by atoms with Gasteiger partial charge in [-0.25, -0.2) is 0 Å². The molecule has 0 rings (SSSR count). The Morgan fingerprint density at radius 1 is 1.67 bits per heavy atom. The third kappa shape index (κ3) is 4.63. The first-order valence-electron chi connectivity index (χ1n) is 3.52. The minimum Gasteiger partial charge on any atom is -0.542 e. The number of carboxylic acid groups (broad SMARTS) is 1. The predicted octanol–water partition coefficient (Wildman–Crippen LogP) is -4.03. The molecule has 0 saturated heterocycles. The topological polar surface area (TPSA) is 57.2 Å². The van der Waals surface area contributed by atoms with Gasteiger partial charge in [-0.2, -0.15) is 0 Å². The van der Waals surface area contributed by atoms with Crippen molar-refractivity contribution in [3.63, 3.8) is 0 Å². The van der Waals surface area contributed by atoms with Gasteiger partial charge in [-0.1, -0.05) is 13.8 Å². The first kappa shape index (κ1) is 5.89. The molecule has 46 valence electrons. The summed E-state index contributed by atoms with van der Waals surface area (Å²) >= 11 is 0. The maximum Gasteiger partial charge on any atom is 1.00 e. The van der Waals surface area contributed by atoms with E-state index in [1.165, 1.54) is 0 Å². The average Bonchev–Trinajstić information content (AvgIpc) is 1.82. The predicted molar refractivity (Wildman–Crippen MR) is 24.9 cm³/mol. The molecule has 0 bridgehead atoms. The smallest absolute Gasteiger partial charge is 0.542 e. The summed E-state index contributed by atoms with van der Waals surface area (Å²) in [6.07, 6.45) is 0. The summed E-state index contributed by atoms with van der Waals surface area (Å²) < 4.78 is 20.0. The van der Waals surface area contributed by atoms with Crippen LogP contribution in [0.3, 0.4) is 0 Å². The van der Waals surface area contributed by atoms with E-state index >= 15 is 0 Å². The van der Waals surface area contributed by atoms with E-state index in [0.29, 0.717) is 0 Å². The Hall–Kier alpha value is 0.140. The molecule has 0 amide bonds. The maximum absolute atomic E-state index is 10.5. The molecule has 0 aromatic rings. The summed E-state index contributed by atoms with van der Waals surface area (Å²) in [6, 6.07) is 0. The third-order valence-electron chi connectivity index (χ3n) is 0.594. The minimum atomic E-state index is -2.56. The second kappa shape index (κ2) is 4.97. The average molecular weight is 142 g/mol. The standard InChI is InChI=1S/C5H8O3.Na/c1-3(2)4(6)5(7)8;/h3H,1-2H3,(H,7,8);/q;+1/p-1/i1D3,2+1;. The van der Waals surface area contributed by atoms with Crippen molar-refractivity contribution in [2.75, 3.05) is 0 Å². The van der Waals surface area contributed by atoms with Crippen LogP contribution in [0.4, 0.5) is 0 Å². The molecular formula is C5H7NaO3. The van der Waals surface area contributed by atoms with Crippen LogP contribution in [-0.4, -0.2) is 11.8 Å². The number of carbonyl (C=O) groups excluding carboxylic acids is 2. The third-order valence-corrected chi connectivity index (χ3v) is 0.594. The van der Waals surface area contributed by atoms with Gasteiger partial charge in [0.1, 0.15) is 5.97 Å². The van der Waals surface area contributed by atoms with Crippen LogP contribution in [0, 0.1) is 5.92 Å². The molecule has 0 aliphatic carbocycles. The fourth-order valence-electron chi connectivity index (χ4n) is 0.177. The normalized spacial score (nSPS) is 17.7. The number of rotatable bonds is 2. The van der Waals surface area contributed by atoms with Crippen LogP contribution in [0.1, 0.15) is 17.9 Å². The van der Waals surface area contributed by atoms with E-state index in [-0.39, 0.29) is 29.6 Å². The molecule has 0 spiro atoms. The van der Waals surface area contributed by atoms with Crippen molar-refractivity contribution in [3.05, 3.63) is 0 Å². The Morgan fingerprint density at radius 3 is 2.22 bits per heavy atom. The van der Waals surface area contributed by atoms with Crippen LogP contribution in [0.25, 0.3) is 0 Å². The van der Waals surface area contributed by atoms with Gasteiger partial charge in [0.2, 0.25) is 0 Å². The van der Waals surface area contributed by atoms with Gasteiger partial charge < -0.3 is 9.90 Å². The van der Waals surface area contributed by atoms with Crippen molar-refractivity contribution in [3.8, 4) is 0 Å². The molecule has 4 heteroatoms. The molecule has 3 nitrogen and oxygen atoms in total. The zero-order chi connectivity index (χ0) is 9.23. The van der Waals surface area contributed by atoms with E-state index in [0.717, 1.165) is 6.92 Å². The zero-order valence-corrected chi connectivity index (χ0v) is 7.30. The summed E-state index contributed by atoms with van der Waals surface area (Å²) in [5.74, 6) is -4.83. The van der Waals surface area contributed by atoms with Crippen molar-refractivity contribution in [1.82, 2.24) is 0 Å². The first-order chi connectivity index (χ1) is 4.76. The summed E-state index contributed by atoms with van der Waals surface area (Å²) in [4.78, 5) is 20.3. The van der Waals surface area contributed by atoms with Gasteiger partial charge >= 0.3 is 29.6 Å². The molecule has 0 fully saturated rings. The molecule has 0 N–H and O–H groups in total. The summed E-state index contributed by atoms with van der Waals surface area (Å²) in [7, 11) is 0. The molecule has 0 saturated carbocycles. The number of aliphatic carboxylic acids is 1. The molecule has 0 heterocycles. The van der Waals surface area contributed by atoms with Crippen LogP contribution in [0.15, 0.2) is 0 Å². The van der Waals surface area contributed by atoms with Gasteiger partial charge in [0.05, 0.1) is 0 Å². The van der Waals surface area contributed by atoms with E-state index < -0.39 is 24.5 Å². The Bertz CT molecular complexity index is 189. The SMILES string of the molecule is [2H]C([2H])([2H])C([13CH3])C(=O)C(=O)[O-].[Na+]. The fraction of sp³-hybridized carbons (Fsp3) is 0.600. The number of carbonyl (C=O) groups is 2. The molecule has 9 heavy (non-hydrogen) atoms. The van der Waals surface area contributed by atoms with Gasteiger partial charge in [-0.15, -0.1) is 0 Å². The van der Waals surface area contributed by atoms with Crippen molar-refractivity contribution in [2.45, 2.75) is 13.8 Å². The fourth-order valence-corrected chi connectivity index (χ4v) is 0.177. The summed E-state index contributed by atoms with van der Waals surface area (Å²) in [5, 5.41) is 9.88. The Balaban J connectivity index is 0. The van der Waals surface area contributed by atoms with Gasteiger partial charge in [0, 0.05) is 10.0 Å². The minimum absolute atomic E-state index is 0. The second-order valence-corrected chi connectivity index (χ2v) is 1.37. The molecule has 0 aliphatic heterocycles. The Morgan fingerprint density at radius 2 is 2.11 bits per heavy atom. The van der Waals surface area contributed by atoms with Gasteiger partial charge in [-0.05, 0) is 0 Å². The number of Topliss-reactive ketones (excluding diaryl/α,β-unsaturated/α-hetero) is 1. The first-order valence-corrected chi connectivity index (χ1v) is 2.02. The number of ketones is 1. The van der Waals surface area contributed by atoms with Crippen molar-refractivity contribution in [1.29, 1.82) is 0 Å². The Kier molecular flexibility index (Phi) is 3.25. The monoisotopic (exact) mass is 142 g/mol. The number of carboxylic acids is 1. The zero-order valence-electron chi connectivity index (χ0n) is 8.30. The van der Waals surface area contributed by atoms with Crippen LogP contribution < -0.4 is 34.7 Å². The second-order valence-electron chi connectivity index (χ2n) is 1.37. The molecule has 1 unspecified atom stereocenters. The molecule has 0 aromatic carbocycles. The van der Waals surface area contributed by atoms with Crippen LogP contribution in [0.2, 0.25) is 0 Å². The summed E-state index contributed by atoms with van der Waals surface area (Å²) in [6.45, 7) is -1.53. The Labute approximate surface area is 79.9 Å². The van der Waals surface area contributed by atoms with E-state index in [4.69, 9.17) is 4.11 Å². The van der Waals surface area contributed by atoms with E-state index in [1.807, 2.05) is 0 Å². The molecule has 0 aromatic heterocycles. The quantitative estimate of drug-likeness (QED) is 0.224. The van der Waals surface area contributed by atoms with Crippen molar-refractivity contribution in [2.24, 2.45) is 5.92 Å². The van der Waals surface area contributed by atoms with Crippen molar-refractivity contribution >= 4 is 11.8 Å². The van der Waals surface area contributed by atoms with Crippen LogP contribution in [0.5, 0.6) is 0 Å². The molecular weight excluding hydrogens is 132 g/mol. The summed E-state index contributed by atoms with van der Waals surface area (Å²) in [5.41, 5.74) is 0. The van der Waals surface area contributed by atoms with E-state index in [1.54, 1.807) is 0 Å². The van der Waals surface area contributed by atoms with E-state index in [9.17, 15) is 14.7 Å². The van der Waals surface area contributed by atoms with Gasteiger partial charge in [-0.3, -0.25) is 4.79 Å². The van der Waals surface area contributed by atoms with Crippen LogP contribution >= 0.6 is 0 Å². The van der Waals surface area contributed by atoms with Gasteiger partial charge in [0.15, 0.2) is 5.78 Å². The molecule has 0 radical (unpaired) electrons. The number of hydrogen-bond acceptors (Lipinski definition) is 3. The van der Waals surface area contributed by atoms with Crippen molar-refractivity contribution < 1.29 is 48.4 Å². The van der Waals surface area contributed by atoms with E-state index in [2.05, 4.69) is 0 Å². The van der Waals surface area contributed by atoms with Gasteiger partial charge in [0.25, 0.3) is 0 Å².